The Hall–Kier alpha value is -0.600. The van der Waals surface area contributed by atoms with Crippen LogP contribution in [0.15, 0.2) is 18.2 Å². The monoisotopic (exact) mass is 241 g/mol. The van der Waals surface area contributed by atoms with Crippen molar-refractivity contribution >= 4 is 11.6 Å². The normalized spacial score (nSPS) is 19.5. The third-order valence-corrected chi connectivity index (χ3v) is 3.87. The highest BCUT2D eigenvalue weighted by molar-refractivity contribution is 6.31. The van der Waals surface area contributed by atoms with Crippen LogP contribution in [-0.2, 0) is 6.42 Å². The molecule has 16 heavy (non-hydrogen) atoms. The Morgan fingerprint density at radius 2 is 2.19 bits per heavy atom. The predicted molar refractivity (Wildman–Crippen MR) is 65.0 cm³/mol. The van der Waals surface area contributed by atoms with E-state index in [2.05, 4.69) is 6.92 Å². The minimum atomic E-state index is -0.245. The van der Waals surface area contributed by atoms with E-state index in [0.717, 1.165) is 11.5 Å². The van der Waals surface area contributed by atoms with Gasteiger partial charge in [0.2, 0.25) is 0 Å². The maximum Gasteiger partial charge on any atom is 0.123 e. The van der Waals surface area contributed by atoms with Crippen LogP contribution >= 0.6 is 11.6 Å². The van der Waals surface area contributed by atoms with Crippen LogP contribution in [0.1, 0.15) is 25.3 Å². The van der Waals surface area contributed by atoms with Gasteiger partial charge in [-0.25, -0.2) is 4.39 Å². The molecule has 0 saturated heterocycles. The number of benzene rings is 1. The zero-order chi connectivity index (χ0) is 11.7. The summed E-state index contributed by atoms with van der Waals surface area (Å²) in [5.41, 5.74) is 6.95. The second-order valence-corrected chi connectivity index (χ2v) is 5.21. The molecule has 1 saturated carbocycles. The number of halogens is 2. The molecule has 0 amide bonds. The summed E-state index contributed by atoms with van der Waals surface area (Å²) >= 11 is 6.02. The molecule has 88 valence electrons. The minimum Gasteiger partial charge on any atom is -0.327 e. The van der Waals surface area contributed by atoms with Gasteiger partial charge >= 0.3 is 0 Å². The molecule has 0 radical (unpaired) electrons. The second kappa shape index (κ2) is 4.72. The van der Waals surface area contributed by atoms with Crippen LogP contribution in [0, 0.1) is 17.7 Å². The summed E-state index contributed by atoms with van der Waals surface area (Å²) < 4.78 is 13.1. The molecule has 0 aliphatic heterocycles. The van der Waals surface area contributed by atoms with Crippen LogP contribution in [0.25, 0.3) is 0 Å². The summed E-state index contributed by atoms with van der Waals surface area (Å²) in [6.07, 6.45) is 3.23. The van der Waals surface area contributed by atoms with Crippen LogP contribution in [0.3, 0.4) is 0 Å². The summed E-state index contributed by atoms with van der Waals surface area (Å²) in [7, 11) is 0. The standard InChI is InChI=1S/C13H17ClFN/c1-8(9-2-3-9)13(16)7-10-6-11(15)4-5-12(10)14/h4-6,8-9,13H,2-3,7,16H2,1H3. The van der Waals surface area contributed by atoms with Gasteiger partial charge in [0, 0.05) is 11.1 Å². The van der Waals surface area contributed by atoms with Gasteiger partial charge in [-0.05, 0) is 54.9 Å². The summed E-state index contributed by atoms with van der Waals surface area (Å²) in [5.74, 6) is 1.02. The first-order valence-electron chi connectivity index (χ1n) is 5.77. The fraction of sp³-hybridized carbons (Fsp3) is 0.538. The van der Waals surface area contributed by atoms with Gasteiger partial charge in [0.25, 0.3) is 0 Å². The van der Waals surface area contributed by atoms with Gasteiger partial charge in [-0.2, -0.15) is 0 Å². The van der Waals surface area contributed by atoms with Crippen molar-refractivity contribution in [2.24, 2.45) is 17.6 Å². The Morgan fingerprint density at radius 1 is 1.50 bits per heavy atom. The molecule has 2 N–H and O–H groups in total. The van der Waals surface area contributed by atoms with E-state index in [0.29, 0.717) is 17.4 Å². The number of nitrogens with two attached hydrogens (primary N) is 1. The van der Waals surface area contributed by atoms with Crippen LogP contribution in [0.5, 0.6) is 0 Å². The van der Waals surface area contributed by atoms with E-state index in [9.17, 15) is 4.39 Å². The molecule has 1 fully saturated rings. The Kier molecular flexibility index (Phi) is 3.50. The van der Waals surface area contributed by atoms with E-state index in [-0.39, 0.29) is 11.9 Å². The van der Waals surface area contributed by atoms with E-state index in [1.807, 2.05) is 0 Å². The molecule has 2 unspecified atom stereocenters. The van der Waals surface area contributed by atoms with E-state index < -0.39 is 0 Å². The molecule has 0 heterocycles. The van der Waals surface area contributed by atoms with Crippen molar-refractivity contribution in [2.75, 3.05) is 0 Å². The Morgan fingerprint density at radius 3 is 2.81 bits per heavy atom. The van der Waals surface area contributed by atoms with Gasteiger partial charge in [-0.15, -0.1) is 0 Å². The highest BCUT2D eigenvalue weighted by atomic mass is 35.5. The molecule has 2 atom stereocenters. The average molecular weight is 242 g/mol. The van der Waals surface area contributed by atoms with Crippen molar-refractivity contribution in [3.63, 3.8) is 0 Å². The molecule has 2 rings (SSSR count). The van der Waals surface area contributed by atoms with E-state index in [1.54, 1.807) is 6.07 Å². The average Bonchev–Trinajstić information content (AvgIpc) is 3.06. The minimum absolute atomic E-state index is 0.0757. The molecule has 1 nitrogen and oxygen atoms in total. The number of hydrogen-bond donors (Lipinski definition) is 1. The summed E-state index contributed by atoms with van der Waals surface area (Å²) in [5, 5.41) is 0.611. The van der Waals surface area contributed by atoms with Crippen LogP contribution in [0.4, 0.5) is 4.39 Å². The van der Waals surface area contributed by atoms with Crippen molar-refractivity contribution < 1.29 is 4.39 Å². The van der Waals surface area contributed by atoms with Crippen molar-refractivity contribution in [1.29, 1.82) is 0 Å². The Bertz CT molecular complexity index is 376. The third-order valence-electron chi connectivity index (χ3n) is 3.50. The van der Waals surface area contributed by atoms with Crippen molar-refractivity contribution in [3.05, 3.63) is 34.6 Å². The molecule has 0 spiro atoms. The summed E-state index contributed by atoms with van der Waals surface area (Å²) in [4.78, 5) is 0. The molecule has 1 aliphatic carbocycles. The highest BCUT2D eigenvalue weighted by Gasteiger charge is 2.31. The molecule has 0 bridgehead atoms. The smallest absolute Gasteiger partial charge is 0.123 e. The number of hydrogen-bond acceptors (Lipinski definition) is 1. The zero-order valence-electron chi connectivity index (χ0n) is 9.42. The fourth-order valence-electron chi connectivity index (χ4n) is 2.11. The summed E-state index contributed by atoms with van der Waals surface area (Å²) in [6, 6.07) is 4.54. The SMILES string of the molecule is CC(C(N)Cc1cc(F)ccc1Cl)C1CC1. The van der Waals surface area contributed by atoms with E-state index in [1.165, 1.54) is 25.0 Å². The van der Waals surface area contributed by atoms with Crippen molar-refractivity contribution in [2.45, 2.75) is 32.2 Å². The summed E-state index contributed by atoms with van der Waals surface area (Å²) in [6.45, 7) is 2.18. The lowest BCUT2D eigenvalue weighted by atomic mass is 9.92. The fourth-order valence-corrected chi connectivity index (χ4v) is 2.31. The van der Waals surface area contributed by atoms with E-state index in [4.69, 9.17) is 17.3 Å². The molecule has 1 aliphatic rings. The van der Waals surface area contributed by atoms with Gasteiger partial charge in [0.1, 0.15) is 5.82 Å². The third kappa shape index (κ3) is 2.74. The van der Waals surface area contributed by atoms with Gasteiger partial charge in [-0.3, -0.25) is 0 Å². The molecule has 3 heteroatoms. The van der Waals surface area contributed by atoms with E-state index >= 15 is 0 Å². The Labute approximate surface area is 101 Å². The first-order valence-corrected chi connectivity index (χ1v) is 6.15. The number of rotatable bonds is 4. The van der Waals surface area contributed by atoms with Crippen LogP contribution in [0.2, 0.25) is 5.02 Å². The van der Waals surface area contributed by atoms with Crippen LogP contribution in [-0.4, -0.2) is 6.04 Å². The molecular formula is C13H17ClFN. The second-order valence-electron chi connectivity index (χ2n) is 4.80. The predicted octanol–water partition coefficient (Wildman–Crippen LogP) is 3.40. The quantitative estimate of drug-likeness (QED) is 0.859. The topological polar surface area (TPSA) is 26.0 Å². The maximum atomic E-state index is 13.1. The molecular weight excluding hydrogens is 225 g/mol. The lowest BCUT2D eigenvalue weighted by Crippen LogP contribution is -2.31. The van der Waals surface area contributed by atoms with Crippen molar-refractivity contribution in [3.8, 4) is 0 Å². The highest BCUT2D eigenvalue weighted by Crippen LogP contribution is 2.38. The molecule has 1 aromatic carbocycles. The van der Waals surface area contributed by atoms with Crippen LogP contribution < -0.4 is 5.73 Å². The van der Waals surface area contributed by atoms with Gasteiger partial charge in [-0.1, -0.05) is 18.5 Å². The van der Waals surface area contributed by atoms with Gasteiger partial charge < -0.3 is 5.73 Å². The first-order chi connectivity index (χ1) is 7.58. The lowest BCUT2D eigenvalue weighted by Gasteiger charge is -2.20. The van der Waals surface area contributed by atoms with Gasteiger partial charge in [0.15, 0.2) is 0 Å². The van der Waals surface area contributed by atoms with Gasteiger partial charge in [0.05, 0.1) is 0 Å². The Balaban J connectivity index is 2.04. The lowest BCUT2D eigenvalue weighted by molar-refractivity contribution is 0.404. The molecule has 1 aromatic rings. The first kappa shape index (κ1) is 11.9. The van der Waals surface area contributed by atoms with Crippen molar-refractivity contribution in [1.82, 2.24) is 0 Å². The maximum absolute atomic E-state index is 13.1. The molecule has 0 aromatic heterocycles. The zero-order valence-corrected chi connectivity index (χ0v) is 10.2. The largest absolute Gasteiger partial charge is 0.327 e.